The Bertz CT molecular complexity index is 356. The van der Waals surface area contributed by atoms with Crippen molar-refractivity contribution < 1.29 is 4.79 Å². The van der Waals surface area contributed by atoms with E-state index >= 15 is 0 Å². The number of carbonyl (C=O) groups excluding carboxylic acids is 1. The SMILES string of the molecule is CC(C(=O)c1ccc(Cl)cc1)C1CNC1. The Morgan fingerprint density at radius 2 is 2.00 bits per heavy atom. The summed E-state index contributed by atoms with van der Waals surface area (Å²) in [4.78, 5) is 12.0. The number of benzene rings is 1. The predicted molar refractivity (Wildman–Crippen MR) is 61.3 cm³/mol. The fourth-order valence-corrected chi connectivity index (χ4v) is 1.88. The maximum Gasteiger partial charge on any atom is 0.166 e. The molecule has 1 unspecified atom stereocenters. The lowest BCUT2D eigenvalue weighted by Crippen LogP contribution is -2.47. The second-order valence-electron chi connectivity index (χ2n) is 4.08. The minimum atomic E-state index is 0.104. The maximum atomic E-state index is 12.0. The Hall–Kier alpha value is -0.860. The van der Waals surface area contributed by atoms with E-state index in [1.807, 2.05) is 6.92 Å². The standard InChI is InChI=1S/C12H14ClNO/c1-8(10-6-14-7-10)12(15)9-2-4-11(13)5-3-9/h2-5,8,10,14H,6-7H2,1H3. The Morgan fingerprint density at radius 3 is 2.47 bits per heavy atom. The number of hydrogen-bond acceptors (Lipinski definition) is 2. The van der Waals surface area contributed by atoms with Gasteiger partial charge in [-0.25, -0.2) is 0 Å². The minimum Gasteiger partial charge on any atom is -0.316 e. The van der Waals surface area contributed by atoms with Crippen molar-refractivity contribution in [3.8, 4) is 0 Å². The van der Waals surface area contributed by atoms with Crippen LogP contribution in [0.3, 0.4) is 0 Å². The first-order valence-electron chi connectivity index (χ1n) is 5.19. The van der Waals surface area contributed by atoms with Crippen molar-refractivity contribution >= 4 is 17.4 Å². The lowest BCUT2D eigenvalue weighted by atomic mass is 9.83. The van der Waals surface area contributed by atoms with Crippen molar-refractivity contribution in [2.45, 2.75) is 6.92 Å². The van der Waals surface area contributed by atoms with Gasteiger partial charge in [-0.3, -0.25) is 4.79 Å². The molecule has 0 amide bonds. The lowest BCUT2D eigenvalue weighted by Gasteiger charge is -2.31. The van der Waals surface area contributed by atoms with Crippen molar-refractivity contribution in [3.05, 3.63) is 34.9 Å². The van der Waals surface area contributed by atoms with E-state index in [9.17, 15) is 4.79 Å². The van der Waals surface area contributed by atoms with Crippen LogP contribution in [0.4, 0.5) is 0 Å². The molecule has 3 heteroatoms. The van der Waals surface area contributed by atoms with Gasteiger partial charge < -0.3 is 5.32 Å². The van der Waals surface area contributed by atoms with Gasteiger partial charge in [0.25, 0.3) is 0 Å². The molecule has 0 aliphatic carbocycles. The van der Waals surface area contributed by atoms with Crippen LogP contribution in [0.1, 0.15) is 17.3 Å². The zero-order valence-corrected chi connectivity index (χ0v) is 9.42. The molecule has 1 aliphatic heterocycles. The molecule has 0 spiro atoms. The number of nitrogens with one attached hydrogen (secondary N) is 1. The van der Waals surface area contributed by atoms with Gasteiger partial charge in [0.1, 0.15) is 0 Å². The van der Waals surface area contributed by atoms with Crippen LogP contribution >= 0.6 is 11.6 Å². The van der Waals surface area contributed by atoms with E-state index in [0.29, 0.717) is 10.9 Å². The highest BCUT2D eigenvalue weighted by Gasteiger charge is 2.29. The van der Waals surface area contributed by atoms with Crippen LogP contribution in [0.5, 0.6) is 0 Å². The number of ketones is 1. The van der Waals surface area contributed by atoms with Crippen LogP contribution in [0.25, 0.3) is 0 Å². The molecule has 1 aromatic carbocycles. The van der Waals surface area contributed by atoms with Crippen molar-refractivity contribution in [3.63, 3.8) is 0 Å². The molecule has 1 aliphatic rings. The predicted octanol–water partition coefficient (Wildman–Crippen LogP) is 2.38. The summed E-state index contributed by atoms with van der Waals surface area (Å²) in [6.45, 7) is 3.92. The van der Waals surface area contributed by atoms with E-state index in [1.54, 1.807) is 24.3 Å². The van der Waals surface area contributed by atoms with E-state index in [-0.39, 0.29) is 11.7 Å². The van der Waals surface area contributed by atoms with Crippen molar-refractivity contribution in [2.75, 3.05) is 13.1 Å². The van der Waals surface area contributed by atoms with Crippen LogP contribution in [0.2, 0.25) is 5.02 Å². The van der Waals surface area contributed by atoms with Crippen molar-refractivity contribution in [1.82, 2.24) is 5.32 Å². The molecule has 2 nitrogen and oxygen atoms in total. The zero-order valence-electron chi connectivity index (χ0n) is 8.66. The molecule has 80 valence electrons. The molecular weight excluding hydrogens is 210 g/mol. The first-order valence-corrected chi connectivity index (χ1v) is 5.57. The summed E-state index contributed by atoms with van der Waals surface area (Å²) in [5.41, 5.74) is 0.763. The summed E-state index contributed by atoms with van der Waals surface area (Å²) in [6.07, 6.45) is 0. The minimum absolute atomic E-state index is 0.104. The summed E-state index contributed by atoms with van der Waals surface area (Å²) < 4.78 is 0. The summed E-state index contributed by atoms with van der Waals surface area (Å²) in [6, 6.07) is 7.13. The summed E-state index contributed by atoms with van der Waals surface area (Å²) in [5.74, 6) is 0.818. The Labute approximate surface area is 94.6 Å². The first-order chi connectivity index (χ1) is 7.18. The van der Waals surface area contributed by atoms with Gasteiger partial charge in [-0.2, -0.15) is 0 Å². The van der Waals surface area contributed by atoms with Crippen LogP contribution < -0.4 is 5.32 Å². The van der Waals surface area contributed by atoms with Crippen LogP contribution in [-0.2, 0) is 0 Å². The third kappa shape index (κ3) is 2.21. The topological polar surface area (TPSA) is 29.1 Å². The normalized spacial score (nSPS) is 18.3. The highest BCUT2D eigenvalue weighted by molar-refractivity contribution is 6.30. The molecular formula is C12H14ClNO. The maximum absolute atomic E-state index is 12.0. The highest BCUT2D eigenvalue weighted by atomic mass is 35.5. The second kappa shape index (κ2) is 4.33. The van der Waals surface area contributed by atoms with Gasteiger partial charge in [0, 0.05) is 16.5 Å². The fourth-order valence-electron chi connectivity index (χ4n) is 1.76. The van der Waals surface area contributed by atoms with Crippen LogP contribution in [-0.4, -0.2) is 18.9 Å². The number of Topliss-reactive ketones (excluding diaryl/α,β-unsaturated/α-hetero) is 1. The largest absolute Gasteiger partial charge is 0.316 e. The number of rotatable bonds is 3. The summed E-state index contributed by atoms with van der Waals surface area (Å²) >= 11 is 5.78. The monoisotopic (exact) mass is 223 g/mol. The second-order valence-corrected chi connectivity index (χ2v) is 4.51. The molecule has 1 aromatic rings. The van der Waals surface area contributed by atoms with Crippen molar-refractivity contribution in [2.24, 2.45) is 11.8 Å². The molecule has 1 saturated heterocycles. The number of hydrogen-bond donors (Lipinski definition) is 1. The van der Waals surface area contributed by atoms with Crippen LogP contribution in [0.15, 0.2) is 24.3 Å². The molecule has 0 saturated carbocycles. The van der Waals surface area contributed by atoms with E-state index in [1.165, 1.54) is 0 Å². The van der Waals surface area contributed by atoms with Gasteiger partial charge in [-0.15, -0.1) is 0 Å². The van der Waals surface area contributed by atoms with Gasteiger partial charge in [0.2, 0.25) is 0 Å². The molecule has 2 rings (SSSR count). The smallest absolute Gasteiger partial charge is 0.166 e. The average molecular weight is 224 g/mol. The highest BCUT2D eigenvalue weighted by Crippen LogP contribution is 2.21. The first kappa shape index (κ1) is 10.7. The Kier molecular flexibility index (Phi) is 3.08. The van der Waals surface area contributed by atoms with Gasteiger partial charge in [0.15, 0.2) is 5.78 Å². The van der Waals surface area contributed by atoms with Gasteiger partial charge in [-0.05, 0) is 43.3 Å². The zero-order chi connectivity index (χ0) is 10.8. The van der Waals surface area contributed by atoms with Crippen LogP contribution in [0, 0.1) is 11.8 Å². The lowest BCUT2D eigenvalue weighted by molar-refractivity contribution is 0.0854. The van der Waals surface area contributed by atoms with Gasteiger partial charge >= 0.3 is 0 Å². The Morgan fingerprint density at radius 1 is 1.40 bits per heavy atom. The molecule has 1 atom stereocenters. The number of halogens is 1. The molecule has 1 fully saturated rings. The van der Waals surface area contributed by atoms with Gasteiger partial charge in [-0.1, -0.05) is 18.5 Å². The van der Waals surface area contributed by atoms with E-state index < -0.39 is 0 Å². The summed E-state index contributed by atoms with van der Waals surface area (Å²) in [5, 5.41) is 3.86. The van der Waals surface area contributed by atoms with E-state index in [0.717, 1.165) is 18.7 Å². The van der Waals surface area contributed by atoms with Gasteiger partial charge in [0.05, 0.1) is 0 Å². The quantitative estimate of drug-likeness (QED) is 0.798. The van der Waals surface area contributed by atoms with E-state index in [4.69, 9.17) is 11.6 Å². The molecule has 1 N–H and O–H groups in total. The molecule has 1 heterocycles. The summed E-state index contributed by atoms with van der Waals surface area (Å²) in [7, 11) is 0. The molecule has 0 radical (unpaired) electrons. The average Bonchev–Trinajstić information content (AvgIpc) is 2.15. The third-order valence-electron chi connectivity index (χ3n) is 3.06. The van der Waals surface area contributed by atoms with E-state index in [2.05, 4.69) is 5.32 Å². The molecule has 0 aromatic heterocycles. The fraction of sp³-hybridized carbons (Fsp3) is 0.417. The van der Waals surface area contributed by atoms with Crippen molar-refractivity contribution in [1.29, 1.82) is 0 Å². The Balaban J connectivity index is 2.09. The molecule has 0 bridgehead atoms. The third-order valence-corrected chi connectivity index (χ3v) is 3.31. The number of carbonyl (C=O) groups is 1. The molecule has 15 heavy (non-hydrogen) atoms.